The van der Waals surface area contributed by atoms with E-state index in [4.69, 9.17) is 0 Å². The molecule has 0 aliphatic rings. The molecule has 0 bridgehead atoms. The Kier molecular flexibility index (Phi) is 4.14. The van der Waals surface area contributed by atoms with Crippen LogP contribution in [0.5, 0.6) is 0 Å². The molecule has 0 atom stereocenters. The van der Waals surface area contributed by atoms with Crippen molar-refractivity contribution in [1.29, 1.82) is 0 Å². The molecule has 0 aromatic carbocycles. The lowest BCUT2D eigenvalue weighted by atomic mass is 10.2. The summed E-state index contributed by atoms with van der Waals surface area (Å²) in [5.41, 5.74) is 2.01. The molecule has 0 radical (unpaired) electrons. The van der Waals surface area contributed by atoms with Crippen LogP contribution in [0.2, 0.25) is 0 Å². The molecule has 2 rings (SSSR count). The van der Waals surface area contributed by atoms with Crippen LogP contribution >= 0.6 is 27.3 Å². The van der Waals surface area contributed by atoms with E-state index in [0.717, 1.165) is 26.9 Å². The van der Waals surface area contributed by atoms with E-state index >= 15 is 0 Å². The highest BCUT2D eigenvalue weighted by atomic mass is 79.9. The third-order valence-electron chi connectivity index (χ3n) is 2.61. The zero-order chi connectivity index (χ0) is 13.1. The number of nitrogens with zero attached hydrogens (tertiary/aromatic N) is 1. The number of hydrogen-bond acceptors (Lipinski definition) is 3. The van der Waals surface area contributed by atoms with Gasteiger partial charge in [-0.15, -0.1) is 11.3 Å². The van der Waals surface area contributed by atoms with Gasteiger partial charge in [0.1, 0.15) is 5.82 Å². The lowest BCUT2D eigenvalue weighted by Crippen LogP contribution is -2.14. The Balaban J connectivity index is 2.21. The number of carbonyl (C=O) groups excluding carboxylic acids is 1. The second-order valence-electron chi connectivity index (χ2n) is 3.90. The molecule has 2 heterocycles. The average molecular weight is 325 g/mol. The van der Waals surface area contributed by atoms with Crippen molar-refractivity contribution in [1.82, 2.24) is 4.98 Å². The van der Waals surface area contributed by atoms with E-state index in [0.29, 0.717) is 5.82 Å². The molecular weight excluding hydrogens is 312 g/mol. The number of aromatic nitrogens is 1. The SMILES string of the molecule is CCc1ccsc1C(=O)Nc1ncc(Br)cc1C. The van der Waals surface area contributed by atoms with E-state index in [1.54, 1.807) is 6.20 Å². The van der Waals surface area contributed by atoms with Gasteiger partial charge in [-0.2, -0.15) is 0 Å². The molecule has 18 heavy (non-hydrogen) atoms. The molecule has 2 aromatic rings. The standard InChI is InChI=1S/C13H13BrN2OS/c1-3-9-4-5-18-11(9)13(17)16-12-8(2)6-10(14)7-15-12/h4-7H,3H2,1-2H3,(H,15,16,17). The fourth-order valence-corrected chi connectivity index (χ4v) is 2.98. The quantitative estimate of drug-likeness (QED) is 0.926. The summed E-state index contributed by atoms with van der Waals surface area (Å²) < 4.78 is 0.906. The van der Waals surface area contributed by atoms with Gasteiger partial charge in [-0.1, -0.05) is 6.92 Å². The van der Waals surface area contributed by atoms with Crippen molar-refractivity contribution in [3.05, 3.63) is 44.2 Å². The molecule has 0 aliphatic carbocycles. The van der Waals surface area contributed by atoms with Gasteiger partial charge in [0.2, 0.25) is 0 Å². The minimum absolute atomic E-state index is 0.0835. The summed E-state index contributed by atoms with van der Waals surface area (Å²) in [5, 5.41) is 4.79. The Labute approximate surface area is 118 Å². The van der Waals surface area contributed by atoms with Crippen molar-refractivity contribution in [2.75, 3.05) is 5.32 Å². The van der Waals surface area contributed by atoms with E-state index in [2.05, 4.69) is 26.2 Å². The molecule has 0 saturated carbocycles. The van der Waals surface area contributed by atoms with Crippen molar-refractivity contribution in [3.8, 4) is 0 Å². The number of carbonyl (C=O) groups is 1. The highest BCUT2D eigenvalue weighted by molar-refractivity contribution is 9.10. The van der Waals surface area contributed by atoms with Crippen LogP contribution < -0.4 is 5.32 Å². The van der Waals surface area contributed by atoms with Gasteiger partial charge in [-0.3, -0.25) is 4.79 Å². The van der Waals surface area contributed by atoms with Gasteiger partial charge >= 0.3 is 0 Å². The topological polar surface area (TPSA) is 42.0 Å². The molecule has 2 aromatic heterocycles. The predicted octanol–water partition coefficient (Wildman–Crippen LogP) is 4.03. The molecule has 94 valence electrons. The second-order valence-corrected chi connectivity index (χ2v) is 5.73. The van der Waals surface area contributed by atoms with Crippen molar-refractivity contribution in [2.45, 2.75) is 20.3 Å². The molecule has 1 N–H and O–H groups in total. The fraction of sp³-hybridized carbons (Fsp3) is 0.231. The summed E-state index contributed by atoms with van der Waals surface area (Å²) in [7, 11) is 0. The van der Waals surface area contributed by atoms with E-state index < -0.39 is 0 Å². The summed E-state index contributed by atoms with van der Waals surface area (Å²) in [6.07, 6.45) is 2.54. The van der Waals surface area contributed by atoms with Crippen molar-refractivity contribution >= 4 is 39.0 Å². The highest BCUT2D eigenvalue weighted by Gasteiger charge is 2.13. The van der Waals surface area contributed by atoms with Gasteiger partial charge < -0.3 is 5.32 Å². The first kappa shape index (κ1) is 13.2. The van der Waals surface area contributed by atoms with Gasteiger partial charge in [0, 0.05) is 10.7 Å². The summed E-state index contributed by atoms with van der Waals surface area (Å²) in [4.78, 5) is 17.1. The van der Waals surface area contributed by atoms with Crippen molar-refractivity contribution in [3.63, 3.8) is 0 Å². The number of thiophene rings is 1. The van der Waals surface area contributed by atoms with Gasteiger partial charge in [0.15, 0.2) is 0 Å². The Morgan fingerprint density at radius 3 is 3.00 bits per heavy atom. The molecule has 0 aliphatic heterocycles. The molecular formula is C13H13BrN2OS. The predicted molar refractivity (Wildman–Crippen MR) is 78.3 cm³/mol. The van der Waals surface area contributed by atoms with E-state index in [1.165, 1.54) is 11.3 Å². The van der Waals surface area contributed by atoms with E-state index in [9.17, 15) is 4.79 Å². The largest absolute Gasteiger partial charge is 0.306 e. The number of aryl methyl sites for hydroxylation is 2. The number of anilines is 1. The molecule has 0 saturated heterocycles. The second kappa shape index (κ2) is 5.63. The Bertz CT molecular complexity index is 580. The Hall–Kier alpha value is -1.20. The Morgan fingerprint density at radius 2 is 2.33 bits per heavy atom. The first-order valence-electron chi connectivity index (χ1n) is 5.61. The normalized spacial score (nSPS) is 10.4. The van der Waals surface area contributed by atoms with Crippen LogP contribution in [0.4, 0.5) is 5.82 Å². The number of pyridine rings is 1. The van der Waals surface area contributed by atoms with Crippen molar-refractivity contribution in [2.24, 2.45) is 0 Å². The number of amides is 1. The maximum atomic E-state index is 12.1. The molecule has 0 unspecified atom stereocenters. The minimum atomic E-state index is -0.0835. The number of halogens is 1. The summed E-state index contributed by atoms with van der Waals surface area (Å²) in [5.74, 6) is 0.526. The van der Waals surface area contributed by atoms with Gasteiger partial charge in [-0.25, -0.2) is 4.98 Å². The molecule has 0 fully saturated rings. The van der Waals surface area contributed by atoms with E-state index in [-0.39, 0.29) is 5.91 Å². The average Bonchev–Trinajstić information content (AvgIpc) is 2.81. The van der Waals surface area contributed by atoms with Crippen molar-refractivity contribution < 1.29 is 4.79 Å². The van der Waals surface area contributed by atoms with Crippen LogP contribution in [0.15, 0.2) is 28.2 Å². The molecule has 5 heteroatoms. The van der Waals surface area contributed by atoms with Crippen LogP contribution in [0.3, 0.4) is 0 Å². The van der Waals surface area contributed by atoms with Gasteiger partial charge in [-0.05, 0) is 57.9 Å². The summed E-state index contributed by atoms with van der Waals surface area (Å²) in [6.45, 7) is 3.96. The van der Waals surface area contributed by atoms with Crippen LogP contribution in [-0.2, 0) is 6.42 Å². The molecule has 3 nitrogen and oxygen atoms in total. The fourth-order valence-electron chi connectivity index (χ4n) is 1.65. The number of rotatable bonds is 3. The van der Waals surface area contributed by atoms with Gasteiger partial charge in [0.05, 0.1) is 4.88 Å². The lowest BCUT2D eigenvalue weighted by Gasteiger charge is -2.07. The van der Waals surface area contributed by atoms with Crippen LogP contribution in [0.1, 0.15) is 27.7 Å². The van der Waals surface area contributed by atoms with Gasteiger partial charge in [0.25, 0.3) is 5.91 Å². The summed E-state index contributed by atoms with van der Waals surface area (Å²) in [6, 6.07) is 3.92. The first-order valence-corrected chi connectivity index (χ1v) is 7.29. The minimum Gasteiger partial charge on any atom is -0.306 e. The number of hydrogen-bond donors (Lipinski definition) is 1. The zero-order valence-corrected chi connectivity index (χ0v) is 12.6. The monoisotopic (exact) mass is 324 g/mol. The lowest BCUT2D eigenvalue weighted by molar-refractivity contribution is 0.102. The molecule has 1 amide bonds. The maximum Gasteiger partial charge on any atom is 0.267 e. The van der Waals surface area contributed by atoms with Crippen LogP contribution in [-0.4, -0.2) is 10.9 Å². The first-order chi connectivity index (χ1) is 8.61. The third kappa shape index (κ3) is 2.79. The maximum absolute atomic E-state index is 12.1. The van der Waals surface area contributed by atoms with Crippen LogP contribution in [0.25, 0.3) is 0 Å². The molecule has 0 spiro atoms. The highest BCUT2D eigenvalue weighted by Crippen LogP contribution is 2.21. The smallest absolute Gasteiger partial charge is 0.267 e. The zero-order valence-electron chi connectivity index (χ0n) is 10.2. The van der Waals surface area contributed by atoms with Crippen LogP contribution in [0, 0.1) is 6.92 Å². The third-order valence-corrected chi connectivity index (χ3v) is 4.00. The number of nitrogens with one attached hydrogen (secondary N) is 1. The summed E-state index contributed by atoms with van der Waals surface area (Å²) >= 11 is 4.81. The van der Waals surface area contributed by atoms with E-state index in [1.807, 2.05) is 31.4 Å². The Morgan fingerprint density at radius 1 is 1.56 bits per heavy atom.